The van der Waals surface area contributed by atoms with E-state index in [1.165, 1.54) is 5.56 Å². The minimum atomic E-state index is -0.591. The van der Waals surface area contributed by atoms with Crippen LogP contribution in [0.15, 0.2) is 89.4 Å². The zero-order chi connectivity index (χ0) is 37.2. The van der Waals surface area contributed by atoms with Crippen LogP contribution in [0.4, 0.5) is 5.69 Å². The quantitative estimate of drug-likeness (QED) is 0.0853. The number of nitrogens with zero attached hydrogens (tertiary/aromatic N) is 2. The number of halogens is 1. The third-order valence-corrected chi connectivity index (χ3v) is 12.6. The molecule has 0 spiro atoms. The number of benzene rings is 4. The molecule has 5 aromatic rings. The van der Waals surface area contributed by atoms with Crippen molar-refractivity contribution < 1.29 is 24.2 Å². The van der Waals surface area contributed by atoms with Crippen molar-refractivity contribution in [3.8, 4) is 27.7 Å². The van der Waals surface area contributed by atoms with E-state index in [0.29, 0.717) is 24.4 Å². The van der Waals surface area contributed by atoms with Crippen LogP contribution in [-0.4, -0.2) is 64.8 Å². The predicted octanol–water partition coefficient (Wildman–Crippen LogP) is 9.05. The number of carbonyl (C=O) groups is 3. The second-order valence-corrected chi connectivity index (χ2v) is 16.5. The Labute approximate surface area is 327 Å². The van der Waals surface area contributed by atoms with Crippen molar-refractivity contribution in [3.05, 3.63) is 106 Å². The molecule has 1 aromatic heterocycles. The lowest BCUT2D eigenvalue weighted by atomic mass is 9.89. The number of amides is 3. The van der Waals surface area contributed by atoms with E-state index in [2.05, 4.69) is 67.9 Å². The van der Waals surface area contributed by atoms with Crippen molar-refractivity contribution >= 4 is 60.8 Å². The van der Waals surface area contributed by atoms with Crippen LogP contribution in [0.1, 0.15) is 72.3 Å². The summed E-state index contributed by atoms with van der Waals surface area (Å²) in [6.45, 7) is 4.58. The number of piperidine rings is 2. The Morgan fingerprint density at radius 3 is 2.46 bits per heavy atom. The molecule has 0 radical (unpaired) electrons. The number of fused-ring (bicyclic) bond motifs is 2. The van der Waals surface area contributed by atoms with E-state index in [-0.39, 0.29) is 29.9 Å². The van der Waals surface area contributed by atoms with E-state index < -0.39 is 6.04 Å². The summed E-state index contributed by atoms with van der Waals surface area (Å²) in [5.41, 5.74) is 4.98. The summed E-state index contributed by atoms with van der Waals surface area (Å²) in [6.07, 6.45) is 6.30. The Bertz CT molecular complexity index is 2180. The Morgan fingerprint density at radius 2 is 1.69 bits per heavy atom. The van der Waals surface area contributed by atoms with Crippen LogP contribution in [0.3, 0.4) is 0 Å². The maximum absolute atomic E-state index is 13.0. The molecule has 3 N–H and O–H groups in total. The average molecular weight is 808 g/mol. The maximum Gasteiger partial charge on any atom is 0.255 e. The lowest BCUT2D eigenvalue weighted by molar-refractivity contribution is -0.136. The second kappa shape index (κ2) is 15.9. The molecule has 0 bridgehead atoms. The first-order chi connectivity index (χ1) is 26.3. The second-order valence-electron chi connectivity index (χ2n) is 14.5. The lowest BCUT2D eigenvalue weighted by Crippen LogP contribution is -2.52. The number of phenolic OH excluding ortho intramolecular Hbond substituents is 1. The van der Waals surface area contributed by atoms with Gasteiger partial charge in [-0.1, -0.05) is 46.6 Å². The van der Waals surface area contributed by atoms with Gasteiger partial charge in [0.1, 0.15) is 17.5 Å². The van der Waals surface area contributed by atoms with Gasteiger partial charge >= 0.3 is 0 Å². The molecule has 278 valence electrons. The molecule has 3 aliphatic rings. The molecule has 11 heteroatoms. The van der Waals surface area contributed by atoms with Crippen molar-refractivity contribution in [2.24, 2.45) is 0 Å². The number of thiophene rings is 1. The molecule has 2 saturated heterocycles. The van der Waals surface area contributed by atoms with E-state index in [1.54, 1.807) is 28.4 Å². The van der Waals surface area contributed by atoms with E-state index in [0.717, 1.165) is 106 Å². The first kappa shape index (κ1) is 36.3. The highest BCUT2D eigenvalue weighted by Crippen LogP contribution is 2.47. The van der Waals surface area contributed by atoms with Gasteiger partial charge in [0.2, 0.25) is 11.8 Å². The molecule has 0 aliphatic carbocycles. The number of phenols is 1. The maximum atomic E-state index is 13.0. The molecule has 4 aromatic carbocycles. The largest absolute Gasteiger partial charge is 0.508 e. The fourth-order valence-corrected chi connectivity index (χ4v) is 9.36. The third-order valence-electron chi connectivity index (χ3n) is 10.9. The summed E-state index contributed by atoms with van der Waals surface area (Å²) in [5, 5.41) is 17.0. The van der Waals surface area contributed by atoms with Gasteiger partial charge in [0.05, 0.1) is 4.88 Å². The molecule has 4 heterocycles. The van der Waals surface area contributed by atoms with Crippen LogP contribution in [0.5, 0.6) is 17.2 Å². The predicted molar refractivity (Wildman–Crippen MR) is 216 cm³/mol. The molecule has 3 amide bonds. The number of rotatable bonds is 12. The molecule has 1 unspecified atom stereocenters. The highest BCUT2D eigenvalue weighted by atomic mass is 79.9. The number of likely N-dealkylation sites (tertiary alicyclic amines) is 1. The average Bonchev–Trinajstić information content (AvgIpc) is 3.69. The highest BCUT2D eigenvalue weighted by molar-refractivity contribution is 9.10. The van der Waals surface area contributed by atoms with Gasteiger partial charge in [0, 0.05) is 45.3 Å². The molecular weight excluding hydrogens is 764 g/mol. The Hall–Kier alpha value is -4.71. The van der Waals surface area contributed by atoms with Crippen LogP contribution in [0.25, 0.3) is 20.5 Å². The van der Waals surface area contributed by atoms with E-state index in [9.17, 15) is 19.5 Å². The molecule has 0 saturated carbocycles. The molecule has 1 atom stereocenters. The number of hydrogen-bond acceptors (Lipinski definition) is 8. The zero-order valence-corrected chi connectivity index (χ0v) is 32.4. The van der Waals surface area contributed by atoms with Crippen LogP contribution in [-0.2, 0) is 16.1 Å². The van der Waals surface area contributed by atoms with Crippen molar-refractivity contribution in [1.82, 2.24) is 15.1 Å². The van der Waals surface area contributed by atoms with Gasteiger partial charge in [-0.2, -0.15) is 0 Å². The molecule has 3 aliphatic heterocycles. The number of ether oxygens (including phenoxy) is 1. The minimum absolute atomic E-state index is 0.142. The standard InChI is InChI=1S/C43H43BrN4O5S/c44-31-8-4-29(5-9-31)41-40(36-15-11-33(49)25-38(36)54-41)53-34-12-6-27(7-13-34)28-18-22-47(23-19-28)21-3-1-2-20-45-32-10-14-35-30(24-32)26-48(43(35)52)37-16-17-39(50)46-42(37)51/h4-15,24-25,28,37,45,49H,1-3,16-23,26H2,(H,46,50,51). The number of unbranched alkanes of at least 4 members (excludes halogenated alkanes) is 2. The Balaban J connectivity index is 0.771. The molecule has 8 rings (SSSR count). The SMILES string of the molecule is O=C1CCC(N2Cc3cc(NCCCCCN4CCC(c5ccc(Oc6c(-c7ccc(Br)cc7)sc7cc(O)ccc67)cc5)CC4)ccc3C2=O)C(=O)N1. The highest BCUT2D eigenvalue weighted by Gasteiger charge is 2.39. The van der Waals surface area contributed by atoms with Crippen LogP contribution in [0, 0.1) is 0 Å². The molecule has 2 fully saturated rings. The smallest absolute Gasteiger partial charge is 0.255 e. The number of aromatic hydroxyl groups is 1. The number of anilines is 1. The van der Waals surface area contributed by atoms with Gasteiger partial charge < -0.3 is 25.0 Å². The first-order valence-corrected chi connectivity index (χ1v) is 20.4. The summed E-state index contributed by atoms with van der Waals surface area (Å²) in [7, 11) is 0. The normalized spacial score (nSPS) is 17.9. The van der Waals surface area contributed by atoms with Crippen LogP contribution in [0.2, 0.25) is 0 Å². The van der Waals surface area contributed by atoms with E-state index in [1.807, 2.05) is 36.4 Å². The van der Waals surface area contributed by atoms with Crippen molar-refractivity contribution in [2.45, 2.75) is 63.5 Å². The van der Waals surface area contributed by atoms with Crippen LogP contribution < -0.4 is 15.4 Å². The molecule has 54 heavy (non-hydrogen) atoms. The summed E-state index contributed by atoms with van der Waals surface area (Å²) < 4.78 is 8.58. The fourth-order valence-electron chi connectivity index (χ4n) is 7.92. The molecular formula is C43H43BrN4O5S. The Kier molecular flexibility index (Phi) is 10.7. The summed E-state index contributed by atoms with van der Waals surface area (Å²) in [4.78, 5) is 42.1. The van der Waals surface area contributed by atoms with Crippen molar-refractivity contribution in [2.75, 3.05) is 31.5 Å². The van der Waals surface area contributed by atoms with Gasteiger partial charge in [0.25, 0.3) is 5.91 Å². The topological polar surface area (TPSA) is 111 Å². The minimum Gasteiger partial charge on any atom is -0.508 e. The summed E-state index contributed by atoms with van der Waals surface area (Å²) in [5.74, 6) is 1.61. The first-order valence-electron chi connectivity index (χ1n) is 18.8. The van der Waals surface area contributed by atoms with Crippen molar-refractivity contribution in [1.29, 1.82) is 0 Å². The summed E-state index contributed by atoms with van der Waals surface area (Å²) >= 11 is 5.16. The zero-order valence-electron chi connectivity index (χ0n) is 30.0. The monoisotopic (exact) mass is 806 g/mol. The fraction of sp³-hybridized carbons (Fsp3) is 0.326. The van der Waals surface area contributed by atoms with Gasteiger partial charge in [0.15, 0.2) is 5.75 Å². The number of hydrogen-bond donors (Lipinski definition) is 3. The molecule has 9 nitrogen and oxygen atoms in total. The van der Waals surface area contributed by atoms with Gasteiger partial charge in [-0.25, -0.2) is 0 Å². The Morgan fingerprint density at radius 1 is 0.889 bits per heavy atom. The number of nitrogens with one attached hydrogen (secondary N) is 2. The van der Waals surface area contributed by atoms with E-state index >= 15 is 0 Å². The number of imide groups is 1. The van der Waals surface area contributed by atoms with Crippen LogP contribution >= 0.6 is 27.3 Å². The third kappa shape index (κ3) is 7.90. The van der Waals surface area contributed by atoms with Crippen molar-refractivity contribution in [3.63, 3.8) is 0 Å². The lowest BCUT2D eigenvalue weighted by Gasteiger charge is -2.32. The van der Waals surface area contributed by atoms with E-state index in [4.69, 9.17) is 4.74 Å². The van der Waals surface area contributed by atoms with Gasteiger partial charge in [-0.05, 0) is 135 Å². The van der Waals surface area contributed by atoms with Gasteiger partial charge in [-0.3, -0.25) is 19.7 Å². The summed E-state index contributed by atoms with van der Waals surface area (Å²) in [6, 6.07) is 27.5. The number of carbonyl (C=O) groups excluding carboxylic acids is 3. The van der Waals surface area contributed by atoms with Gasteiger partial charge in [-0.15, -0.1) is 11.3 Å².